The number of amides is 2. The van der Waals surface area contributed by atoms with Crippen LogP contribution < -0.4 is 10.3 Å². The summed E-state index contributed by atoms with van der Waals surface area (Å²) in [6.45, 7) is 0. The Bertz CT molecular complexity index is 849. The summed E-state index contributed by atoms with van der Waals surface area (Å²) >= 11 is 5.89. The van der Waals surface area contributed by atoms with Gasteiger partial charge in [-0.15, -0.1) is 0 Å². The van der Waals surface area contributed by atoms with E-state index in [0.29, 0.717) is 16.4 Å². The summed E-state index contributed by atoms with van der Waals surface area (Å²) in [6, 6.07) is 25.4. The van der Waals surface area contributed by atoms with Gasteiger partial charge in [-0.25, -0.2) is 4.79 Å². The van der Waals surface area contributed by atoms with Gasteiger partial charge in [0.25, 0.3) is 0 Å². The summed E-state index contributed by atoms with van der Waals surface area (Å²) in [7, 11) is 0. The molecule has 3 aromatic carbocycles. The van der Waals surface area contributed by atoms with Crippen molar-refractivity contribution in [3.63, 3.8) is 0 Å². The van der Waals surface area contributed by atoms with Crippen LogP contribution >= 0.6 is 11.6 Å². The number of para-hydroxylation sites is 2. The lowest BCUT2D eigenvalue weighted by molar-refractivity contribution is 0.257. The van der Waals surface area contributed by atoms with Crippen molar-refractivity contribution in [3.8, 4) is 0 Å². The van der Waals surface area contributed by atoms with Gasteiger partial charge in [0.2, 0.25) is 0 Å². The summed E-state index contributed by atoms with van der Waals surface area (Å²) in [5.74, 6) is 0. The molecule has 0 fully saturated rings. The van der Waals surface area contributed by atoms with E-state index in [-0.39, 0.29) is 6.03 Å². The Morgan fingerprint density at radius 2 is 1.48 bits per heavy atom. The van der Waals surface area contributed by atoms with Crippen LogP contribution in [0.2, 0.25) is 5.02 Å². The summed E-state index contributed by atoms with van der Waals surface area (Å²) in [5, 5.41) is 9.15. The largest absolute Gasteiger partial charge is 0.347 e. The van der Waals surface area contributed by atoms with E-state index in [1.807, 2.05) is 72.8 Å². The third-order valence-electron chi connectivity index (χ3n) is 3.41. The second-order valence-corrected chi connectivity index (χ2v) is 5.68. The van der Waals surface area contributed by atoms with E-state index in [1.165, 1.54) is 5.01 Å². The van der Waals surface area contributed by atoms with Crippen LogP contribution in [0.1, 0.15) is 5.56 Å². The van der Waals surface area contributed by atoms with Crippen molar-refractivity contribution in [2.75, 3.05) is 10.3 Å². The van der Waals surface area contributed by atoms with Crippen molar-refractivity contribution >= 4 is 35.2 Å². The molecule has 25 heavy (non-hydrogen) atoms. The van der Waals surface area contributed by atoms with Crippen LogP contribution in [0.5, 0.6) is 0 Å². The van der Waals surface area contributed by atoms with Crippen molar-refractivity contribution in [2.24, 2.45) is 5.10 Å². The molecule has 3 rings (SSSR count). The Balaban J connectivity index is 1.85. The van der Waals surface area contributed by atoms with Crippen LogP contribution in [0.25, 0.3) is 0 Å². The van der Waals surface area contributed by atoms with E-state index in [4.69, 9.17) is 11.6 Å². The summed E-state index contributed by atoms with van der Waals surface area (Å²) < 4.78 is 0. The van der Waals surface area contributed by atoms with Crippen LogP contribution in [0.15, 0.2) is 90.0 Å². The van der Waals surface area contributed by atoms with Gasteiger partial charge in [0.05, 0.1) is 11.9 Å². The van der Waals surface area contributed by atoms with Crippen LogP contribution in [0, 0.1) is 0 Å². The Morgan fingerprint density at radius 1 is 0.880 bits per heavy atom. The molecule has 5 heteroatoms. The van der Waals surface area contributed by atoms with Gasteiger partial charge in [0.1, 0.15) is 0 Å². The first-order chi connectivity index (χ1) is 12.2. The number of benzene rings is 3. The highest BCUT2D eigenvalue weighted by molar-refractivity contribution is 6.30. The highest BCUT2D eigenvalue weighted by Gasteiger charge is 2.14. The number of urea groups is 1. The minimum absolute atomic E-state index is 0.345. The minimum atomic E-state index is -0.345. The van der Waals surface area contributed by atoms with Gasteiger partial charge in [-0.1, -0.05) is 60.1 Å². The second-order valence-electron chi connectivity index (χ2n) is 5.24. The average molecular weight is 350 g/mol. The van der Waals surface area contributed by atoms with E-state index in [9.17, 15) is 4.79 Å². The number of anilines is 2. The maximum atomic E-state index is 12.7. The molecule has 0 spiro atoms. The quantitative estimate of drug-likeness (QED) is 0.496. The van der Waals surface area contributed by atoms with E-state index >= 15 is 0 Å². The van der Waals surface area contributed by atoms with Crippen LogP contribution in [0.4, 0.5) is 16.2 Å². The zero-order chi connectivity index (χ0) is 17.5. The number of carbonyl (C=O) groups is 1. The number of rotatable bonds is 4. The Morgan fingerprint density at radius 3 is 2.12 bits per heavy atom. The van der Waals surface area contributed by atoms with E-state index in [2.05, 4.69) is 10.4 Å². The number of nitrogens with one attached hydrogen (secondary N) is 1. The molecule has 0 radical (unpaired) electrons. The molecule has 0 aliphatic heterocycles. The van der Waals surface area contributed by atoms with Crippen LogP contribution in [-0.4, -0.2) is 12.2 Å². The highest BCUT2D eigenvalue weighted by Crippen LogP contribution is 2.16. The number of nitrogens with zero attached hydrogens (tertiary/aromatic N) is 2. The lowest BCUT2D eigenvalue weighted by Crippen LogP contribution is -2.30. The highest BCUT2D eigenvalue weighted by atomic mass is 35.5. The summed E-state index contributed by atoms with van der Waals surface area (Å²) in [5.41, 5.74) is 2.22. The zero-order valence-corrected chi connectivity index (χ0v) is 14.1. The molecule has 124 valence electrons. The Hall–Kier alpha value is -3.11. The van der Waals surface area contributed by atoms with E-state index < -0.39 is 0 Å². The molecular weight excluding hydrogens is 334 g/mol. The molecule has 4 nitrogen and oxygen atoms in total. The zero-order valence-electron chi connectivity index (χ0n) is 13.3. The molecular formula is C20H16ClN3O. The SMILES string of the molecule is O=C(Nc1ccccc1)N(/N=C/c1ccc(Cl)cc1)c1ccccc1. The molecule has 0 saturated carbocycles. The molecule has 0 bridgehead atoms. The minimum Gasteiger partial charge on any atom is -0.306 e. The molecule has 1 N–H and O–H groups in total. The average Bonchev–Trinajstić information content (AvgIpc) is 2.65. The number of halogens is 1. The predicted molar refractivity (Wildman–Crippen MR) is 103 cm³/mol. The van der Waals surface area contributed by atoms with Gasteiger partial charge in [0, 0.05) is 10.7 Å². The Kier molecular flexibility index (Phi) is 5.44. The van der Waals surface area contributed by atoms with Gasteiger partial charge in [0.15, 0.2) is 0 Å². The summed E-state index contributed by atoms with van der Waals surface area (Å²) in [6.07, 6.45) is 1.62. The van der Waals surface area contributed by atoms with Gasteiger partial charge in [-0.3, -0.25) is 0 Å². The normalized spacial score (nSPS) is 10.6. The van der Waals surface area contributed by atoms with Crippen molar-refractivity contribution in [1.82, 2.24) is 0 Å². The third kappa shape index (κ3) is 4.68. The van der Waals surface area contributed by atoms with Gasteiger partial charge in [-0.05, 0) is 42.0 Å². The fourth-order valence-corrected chi connectivity index (χ4v) is 2.30. The molecule has 0 aliphatic carbocycles. The fourth-order valence-electron chi connectivity index (χ4n) is 2.18. The molecule has 3 aromatic rings. The first-order valence-electron chi connectivity index (χ1n) is 7.73. The number of hydrogen-bond donors (Lipinski definition) is 1. The number of hydrogen-bond acceptors (Lipinski definition) is 2. The Labute approximate surface area is 151 Å². The summed E-state index contributed by atoms with van der Waals surface area (Å²) in [4.78, 5) is 12.7. The predicted octanol–water partition coefficient (Wildman–Crippen LogP) is 5.41. The standard InChI is InChI=1S/C20H16ClN3O/c21-17-13-11-16(12-14-17)15-22-24(19-9-5-2-6-10-19)20(25)23-18-7-3-1-4-8-18/h1-15H,(H,23,25)/b22-15+. The molecule has 0 aromatic heterocycles. The number of hydrazone groups is 1. The first kappa shape index (κ1) is 16.7. The van der Waals surface area contributed by atoms with Crippen molar-refractivity contribution in [1.29, 1.82) is 0 Å². The first-order valence-corrected chi connectivity index (χ1v) is 8.11. The molecule has 0 saturated heterocycles. The van der Waals surface area contributed by atoms with Crippen LogP contribution in [0.3, 0.4) is 0 Å². The maximum absolute atomic E-state index is 12.7. The topological polar surface area (TPSA) is 44.7 Å². The van der Waals surface area contributed by atoms with Crippen molar-refractivity contribution in [2.45, 2.75) is 0 Å². The molecule has 0 unspecified atom stereocenters. The van der Waals surface area contributed by atoms with Gasteiger partial charge < -0.3 is 5.32 Å². The van der Waals surface area contributed by atoms with Crippen LogP contribution in [-0.2, 0) is 0 Å². The monoisotopic (exact) mass is 349 g/mol. The van der Waals surface area contributed by atoms with Gasteiger partial charge in [-0.2, -0.15) is 10.1 Å². The van der Waals surface area contributed by atoms with Crippen molar-refractivity contribution in [3.05, 3.63) is 95.5 Å². The lowest BCUT2D eigenvalue weighted by Gasteiger charge is -2.17. The molecule has 2 amide bonds. The van der Waals surface area contributed by atoms with Crippen molar-refractivity contribution < 1.29 is 4.79 Å². The molecule has 0 heterocycles. The fraction of sp³-hybridized carbons (Fsp3) is 0. The van der Waals surface area contributed by atoms with E-state index in [0.717, 1.165) is 5.56 Å². The van der Waals surface area contributed by atoms with E-state index in [1.54, 1.807) is 18.3 Å². The van der Waals surface area contributed by atoms with Gasteiger partial charge >= 0.3 is 6.03 Å². The lowest BCUT2D eigenvalue weighted by atomic mass is 10.2. The third-order valence-corrected chi connectivity index (χ3v) is 3.66. The smallest absolute Gasteiger partial charge is 0.306 e. The molecule has 0 atom stereocenters. The maximum Gasteiger partial charge on any atom is 0.347 e. The molecule has 0 aliphatic rings. The number of carbonyl (C=O) groups excluding carboxylic acids is 1. The second kappa shape index (κ2) is 8.13.